The molecule has 1 aromatic heterocycles. The topological polar surface area (TPSA) is 46.3 Å². The van der Waals surface area contributed by atoms with Gasteiger partial charge in [0.2, 0.25) is 5.89 Å². The lowest BCUT2D eigenvalue weighted by molar-refractivity contribution is 0.473. The molecular formula is C17H15NO2. The Labute approximate surface area is 117 Å². The van der Waals surface area contributed by atoms with E-state index in [0.717, 1.165) is 23.4 Å². The molecule has 0 aliphatic heterocycles. The van der Waals surface area contributed by atoms with Crippen molar-refractivity contribution < 1.29 is 9.52 Å². The van der Waals surface area contributed by atoms with Gasteiger partial charge in [0.25, 0.3) is 0 Å². The van der Waals surface area contributed by atoms with E-state index in [1.165, 1.54) is 0 Å². The number of hydrogen-bond acceptors (Lipinski definition) is 3. The summed E-state index contributed by atoms with van der Waals surface area (Å²) >= 11 is 0. The minimum atomic E-state index is 0.177. The summed E-state index contributed by atoms with van der Waals surface area (Å²) < 4.78 is 5.89. The second-order valence-electron chi connectivity index (χ2n) is 4.53. The smallest absolute Gasteiger partial charge is 0.230 e. The highest BCUT2D eigenvalue weighted by Crippen LogP contribution is 2.33. The Morgan fingerprint density at radius 3 is 2.40 bits per heavy atom. The Balaban J connectivity index is 2.13. The van der Waals surface area contributed by atoms with E-state index in [-0.39, 0.29) is 5.75 Å². The fourth-order valence-corrected chi connectivity index (χ4v) is 2.18. The zero-order valence-corrected chi connectivity index (χ0v) is 11.2. The Bertz CT molecular complexity index is 717. The zero-order chi connectivity index (χ0) is 13.9. The van der Waals surface area contributed by atoms with Crippen LogP contribution < -0.4 is 0 Å². The van der Waals surface area contributed by atoms with Crippen LogP contribution in [0.5, 0.6) is 5.75 Å². The Morgan fingerprint density at radius 2 is 1.70 bits per heavy atom. The van der Waals surface area contributed by atoms with Crippen molar-refractivity contribution in [2.45, 2.75) is 13.3 Å². The first kappa shape index (κ1) is 12.5. The van der Waals surface area contributed by atoms with E-state index < -0.39 is 0 Å². The van der Waals surface area contributed by atoms with Crippen molar-refractivity contribution >= 4 is 0 Å². The monoisotopic (exact) mass is 265 g/mol. The summed E-state index contributed by atoms with van der Waals surface area (Å²) in [5, 5.41) is 9.91. The van der Waals surface area contributed by atoms with Crippen LogP contribution in [0.15, 0.2) is 59.0 Å². The van der Waals surface area contributed by atoms with Crippen molar-refractivity contribution in [3.05, 3.63) is 60.3 Å². The maximum Gasteiger partial charge on any atom is 0.230 e. The first-order valence-electron chi connectivity index (χ1n) is 6.63. The summed E-state index contributed by atoms with van der Waals surface area (Å²) in [6, 6.07) is 17.0. The molecule has 20 heavy (non-hydrogen) atoms. The molecular weight excluding hydrogens is 250 g/mol. The van der Waals surface area contributed by atoms with Crippen molar-refractivity contribution in [2.24, 2.45) is 0 Å². The van der Waals surface area contributed by atoms with Gasteiger partial charge in [0.15, 0.2) is 5.76 Å². The molecule has 0 amide bonds. The lowest BCUT2D eigenvalue weighted by atomic mass is 10.1. The van der Waals surface area contributed by atoms with Crippen molar-refractivity contribution in [3.8, 4) is 28.5 Å². The third-order valence-corrected chi connectivity index (χ3v) is 3.20. The molecule has 1 heterocycles. The molecule has 0 spiro atoms. The van der Waals surface area contributed by atoms with Gasteiger partial charge in [-0.15, -0.1) is 0 Å². The van der Waals surface area contributed by atoms with Crippen molar-refractivity contribution in [1.82, 2.24) is 4.98 Å². The number of phenols is 1. The van der Waals surface area contributed by atoms with Crippen molar-refractivity contribution in [3.63, 3.8) is 0 Å². The molecule has 0 fully saturated rings. The van der Waals surface area contributed by atoms with Gasteiger partial charge in [0.05, 0.1) is 11.3 Å². The Hall–Kier alpha value is -2.55. The SMILES string of the molecule is CCc1nc(-c2ccccc2O)oc1-c1ccccc1. The van der Waals surface area contributed by atoms with Gasteiger partial charge in [0.1, 0.15) is 5.75 Å². The second-order valence-corrected chi connectivity index (χ2v) is 4.53. The molecule has 3 rings (SSSR count). The van der Waals surface area contributed by atoms with Crippen LogP contribution >= 0.6 is 0 Å². The highest BCUT2D eigenvalue weighted by atomic mass is 16.4. The number of nitrogens with zero attached hydrogens (tertiary/aromatic N) is 1. The Morgan fingerprint density at radius 1 is 1.00 bits per heavy atom. The molecule has 0 saturated heterocycles. The van der Waals surface area contributed by atoms with E-state index in [2.05, 4.69) is 4.98 Å². The third-order valence-electron chi connectivity index (χ3n) is 3.20. The Kier molecular flexibility index (Phi) is 3.25. The second kappa shape index (κ2) is 5.21. The standard InChI is InChI=1S/C17H15NO2/c1-2-14-16(12-8-4-3-5-9-12)20-17(18-14)13-10-6-7-11-15(13)19/h3-11,19H,2H2,1H3. The number of aromatic hydroxyl groups is 1. The summed E-state index contributed by atoms with van der Waals surface area (Å²) in [5.41, 5.74) is 2.51. The van der Waals surface area contributed by atoms with Crippen molar-refractivity contribution in [2.75, 3.05) is 0 Å². The summed E-state index contributed by atoms with van der Waals surface area (Å²) in [6.07, 6.45) is 0.779. The molecule has 3 aromatic rings. The molecule has 0 unspecified atom stereocenters. The fraction of sp³-hybridized carbons (Fsp3) is 0.118. The fourth-order valence-electron chi connectivity index (χ4n) is 2.18. The number of rotatable bonds is 3. The van der Waals surface area contributed by atoms with Gasteiger partial charge in [-0.1, -0.05) is 49.4 Å². The van der Waals surface area contributed by atoms with E-state index in [9.17, 15) is 5.11 Å². The number of para-hydroxylation sites is 1. The number of aromatic nitrogens is 1. The quantitative estimate of drug-likeness (QED) is 0.769. The zero-order valence-electron chi connectivity index (χ0n) is 11.2. The van der Waals surface area contributed by atoms with Crippen LogP contribution in [0.1, 0.15) is 12.6 Å². The summed E-state index contributed by atoms with van der Waals surface area (Å²) in [6.45, 7) is 2.04. The predicted octanol–water partition coefficient (Wildman–Crippen LogP) is 4.28. The van der Waals surface area contributed by atoms with Crippen LogP contribution in [-0.2, 0) is 6.42 Å². The molecule has 2 aromatic carbocycles. The van der Waals surface area contributed by atoms with Crippen molar-refractivity contribution in [1.29, 1.82) is 0 Å². The third kappa shape index (κ3) is 2.18. The van der Waals surface area contributed by atoms with E-state index in [1.807, 2.05) is 43.3 Å². The van der Waals surface area contributed by atoms with Gasteiger partial charge in [-0.05, 0) is 18.6 Å². The summed E-state index contributed by atoms with van der Waals surface area (Å²) in [4.78, 5) is 4.51. The maximum absolute atomic E-state index is 9.91. The van der Waals surface area contributed by atoms with E-state index in [0.29, 0.717) is 11.5 Å². The average molecular weight is 265 g/mol. The van der Waals surface area contributed by atoms with Gasteiger partial charge in [-0.25, -0.2) is 4.98 Å². The number of hydrogen-bond donors (Lipinski definition) is 1. The van der Waals surface area contributed by atoms with E-state index in [4.69, 9.17) is 4.42 Å². The minimum absolute atomic E-state index is 0.177. The highest BCUT2D eigenvalue weighted by Gasteiger charge is 2.16. The first-order valence-corrected chi connectivity index (χ1v) is 6.63. The molecule has 0 bridgehead atoms. The average Bonchev–Trinajstić information content (AvgIpc) is 2.92. The highest BCUT2D eigenvalue weighted by molar-refractivity contribution is 5.67. The molecule has 0 atom stereocenters. The van der Waals surface area contributed by atoms with Crippen LogP contribution in [0.2, 0.25) is 0 Å². The van der Waals surface area contributed by atoms with Gasteiger partial charge in [-0.2, -0.15) is 0 Å². The van der Waals surface area contributed by atoms with Crippen LogP contribution in [0.4, 0.5) is 0 Å². The largest absolute Gasteiger partial charge is 0.507 e. The van der Waals surface area contributed by atoms with E-state index >= 15 is 0 Å². The van der Waals surface area contributed by atoms with Crippen LogP contribution in [0.25, 0.3) is 22.8 Å². The summed E-state index contributed by atoms with van der Waals surface area (Å²) in [7, 11) is 0. The molecule has 0 saturated carbocycles. The molecule has 3 nitrogen and oxygen atoms in total. The summed E-state index contributed by atoms with van der Waals surface area (Å²) in [5.74, 6) is 1.40. The normalized spacial score (nSPS) is 10.7. The maximum atomic E-state index is 9.91. The molecule has 0 radical (unpaired) electrons. The van der Waals surface area contributed by atoms with Crippen LogP contribution in [0, 0.1) is 0 Å². The number of aryl methyl sites for hydroxylation is 1. The first-order chi connectivity index (χ1) is 9.79. The molecule has 3 heteroatoms. The lowest BCUT2D eigenvalue weighted by Crippen LogP contribution is -1.84. The minimum Gasteiger partial charge on any atom is -0.507 e. The number of benzene rings is 2. The van der Waals surface area contributed by atoms with Gasteiger partial charge >= 0.3 is 0 Å². The number of oxazole rings is 1. The predicted molar refractivity (Wildman–Crippen MR) is 78.4 cm³/mol. The lowest BCUT2D eigenvalue weighted by Gasteiger charge is -1.99. The van der Waals surface area contributed by atoms with Crippen LogP contribution in [-0.4, -0.2) is 10.1 Å². The van der Waals surface area contributed by atoms with Gasteiger partial charge in [-0.3, -0.25) is 0 Å². The van der Waals surface area contributed by atoms with E-state index in [1.54, 1.807) is 18.2 Å². The molecule has 0 aliphatic rings. The number of phenolic OH excluding ortho intramolecular Hbond substituents is 1. The molecule has 100 valence electrons. The van der Waals surface area contributed by atoms with Crippen LogP contribution in [0.3, 0.4) is 0 Å². The van der Waals surface area contributed by atoms with Gasteiger partial charge < -0.3 is 9.52 Å². The van der Waals surface area contributed by atoms with Gasteiger partial charge in [0, 0.05) is 5.56 Å². The molecule has 1 N–H and O–H groups in total. The molecule has 0 aliphatic carbocycles.